The molecule has 0 saturated heterocycles. The molecule has 6 heteroatoms. The summed E-state index contributed by atoms with van der Waals surface area (Å²) in [5.41, 5.74) is 0.716. The zero-order valence-electron chi connectivity index (χ0n) is 11.7. The maximum Gasteiger partial charge on any atom is 0.220 e. The third-order valence-electron chi connectivity index (χ3n) is 2.61. The topological polar surface area (TPSA) is 41.1 Å². The second-order valence-corrected chi connectivity index (χ2v) is 5.31. The van der Waals surface area contributed by atoms with Gasteiger partial charge < -0.3 is 10.6 Å². The van der Waals surface area contributed by atoms with Gasteiger partial charge in [-0.25, -0.2) is 4.39 Å². The number of hydrogen-bond acceptors (Lipinski definition) is 3. The van der Waals surface area contributed by atoms with E-state index in [1.54, 1.807) is 23.9 Å². The van der Waals surface area contributed by atoms with Crippen LogP contribution in [0.5, 0.6) is 0 Å². The van der Waals surface area contributed by atoms with E-state index >= 15 is 0 Å². The number of benzene rings is 1. The fourth-order valence-electron chi connectivity index (χ4n) is 1.57. The quantitative estimate of drug-likeness (QED) is 0.687. The van der Waals surface area contributed by atoms with Crippen LogP contribution in [0.3, 0.4) is 0 Å². The van der Waals surface area contributed by atoms with Gasteiger partial charge >= 0.3 is 0 Å². The lowest BCUT2D eigenvalue weighted by molar-refractivity contribution is -0.121. The third-order valence-corrected chi connectivity index (χ3v) is 3.62. The molecule has 1 rings (SSSR count). The average molecular weight is 321 g/mol. The first-order valence-corrected chi connectivity index (χ1v) is 7.62. The standard InChI is InChI=1S/C14H21FN2OS.ClH/c1-16-8-4-7-14(18)17-9-10-19-11-12-5-2-3-6-13(12)15;/h2-3,5-6,16H,4,7-11H2,1H3,(H,17,18);1H. The minimum absolute atomic E-state index is 0. The van der Waals surface area contributed by atoms with Crippen molar-refractivity contribution in [3.63, 3.8) is 0 Å². The molecular weight excluding hydrogens is 299 g/mol. The molecule has 0 heterocycles. The first-order chi connectivity index (χ1) is 9.24. The molecule has 0 aromatic heterocycles. The largest absolute Gasteiger partial charge is 0.355 e. The van der Waals surface area contributed by atoms with E-state index in [0.29, 0.717) is 24.3 Å². The number of hydrogen-bond donors (Lipinski definition) is 2. The Kier molecular flexibility index (Phi) is 11.5. The molecule has 20 heavy (non-hydrogen) atoms. The van der Waals surface area contributed by atoms with Crippen molar-refractivity contribution in [3.05, 3.63) is 35.6 Å². The van der Waals surface area contributed by atoms with Crippen molar-refractivity contribution >= 4 is 30.1 Å². The van der Waals surface area contributed by atoms with Crippen LogP contribution in [0.25, 0.3) is 0 Å². The maximum absolute atomic E-state index is 13.3. The molecular formula is C14H22ClFN2OS. The minimum atomic E-state index is -0.161. The van der Waals surface area contributed by atoms with Gasteiger partial charge in [-0.1, -0.05) is 18.2 Å². The first kappa shape index (κ1) is 19.2. The fraction of sp³-hybridized carbons (Fsp3) is 0.500. The van der Waals surface area contributed by atoms with Gasteiger partial charge in [-0.15, -0.1) is 12.4 Å². The Morgan fingerprint density at radius 2 is 2.05 bits per heavy atom. The van der Waals surface area contributed by atoms with Crippen molar-refractivity contribution in [2.45, 2.75) is 18.6 Å². The molecule has 1 aromatic rings. The zero-order valence-corrected chi connectivity index (χ0v) is 13.3. The number of thioether (sulfide) groups is 1. The average Bonchev–Trinajstić information content (AvgIpc) is 2.41. The van der Waals surface area contributed by atoms with Gasteiger partial charge in [0, 0.05) is 24.5 Å². The van der Waals surface area contributed by atoms with Gasteiger partial charge in [0.05, 0.1) is 0 Å². The van der Waals surface area contributed by atoms with Crippen LogP contribution in [0.4, 0.5) is 4.39 Å². The highest BCUT2D eigenvalue weighted by molar-refractivity contribution is 7.98. The number of carbonyl (C=O) groups is 1. The summed E-state index contributed by atoms with van der Waals surface area (Å²) in [4.78, 5) is 11.4. The highest BCUT2D eigenvalue weighted by Gasteiger charge is 2.02. The van der Waals surface area contributed by atoms with Gasteiger partial charge in [-0.05, 0) is 31.6 Å². The predicted octanol–water partition coefficient (Wildman–Crippen LogP) is 2.60. The maximum atomic E-state index is 13.3. The minimum Gasteiger partial charge on any atom is -0.355 e. The number of carbonyl (C=O) groups excluding carboxylic acids is 1. The summed E-state index contributed by atoms with van der Waals surface area (Å²) >= 11 is 1.62. The van der Waals surface area contributed by atoms with Gasteiger partial charge in [-0.2, -0.15) is 11.8 Å². The van der Waals surface area contributed by atoms with E-state index in [0.717, 1.165) is 18.7 Å². The number of amides is 1. The van der Waals surface area contributed by atoms with Gasteiger partial charge in [0.1, 0.15) is 5.82 Å². The van der Waals surface area contributed by atoms with E-state index in [2.05, 4.69) is 10.6 Å². The summed E-state index contributed by atoms with van der Waals surface area (Å²) in [6.45, 7) is 1.49. The Balaban J connectivity index is 0.00000361. The zero-order chi connectivity index (χ0) is 13.9. The summed E-state index contributed by atoms with van der Waals surface area (Å²) in [5, 5.41) is 5.86. The van der Waals surface area contributed by atoms with Gasteiger partial charge in [0.2, 0.25) is 5.91 Å². The van der Waals surface area contributed by atoms with E-state index in [1.165, 1.54) is 6.07 Å². The summed E-state index contributed by atoms with van der Waals surface area (Å²) in [5.74, 6) is 1.36. The summed E-state index contributed by atoms with van der Waals surface area (Å²) in [6, 6.07) is 6.79. The lowest BCUT2D eigenvalue weighted by atomic mass is 10.2. The van der Waals surface area contributed by atoms with Crippen LogP contribution in [-0.2, 0) is 10.5 Å². The highest BCUT2D eigenvalue weighted by Crippen LogP contribution is 2.14. The number of rotatable bonds is 9. The van der Waals surface area contributed by atoms with Crippen molar-refractivity contribution in [2.75, 3.05) is 25.9 Å². The number of nitrogens with one attached hydrogen (secondary N) is 2. The highest BCUT2D eigenvalue weighted by atomic mass is 35.5. The van der Waals surface area contributed by atoms with Crippen molar-refractivity contribution in [2.24, 2.45) is 0 Å². The predicted molar refractivity (Wildman–Crippen MR) is 86.0 cm³/mol. The molecule has 0 unspecified atom stereocenters. The van der Waals surface area contributed by atoms with Crippen LogP contribution in [0.1, 0.15) is 18.4 Å². The normalized spacial score (nSPS) is 9.90. The number of halogens is 2. The Bertz CT molecular complexity index is 393. The van der Waals surface area contributed by atoms with Crippen LogP contribution in [0.2, 0.25) is 0 Å². The fourth-order valence-corrected chi connectivity index (χ4v) is 2.42. The van der Waals surface area contributed by atoms with Crippen molar-refractivity contribution < 1.29 is 9.18 Å². The second kappa shape index (κ2) is 12.0. The molecule has 0 fully saturated rings. The van der Waals surface area contributed by atoms with Crippen LogP contribution in [-0.4, -0.2) is 31.8 Å². The van der Waals surface area contributed by atoms with Crippen LogP contribution < -0.4 is 10.6 Å². The molecule has 1 aromatic carbocycles. The van der Waals surface area contributed by atoms with Crippen molar-refractivity contribution in [1.29, 1.82) is 0 Å². The Morgan fingerprint density at radius 3 is 2.75 bits per heavy atom. The van der Waals surface area contributed by atoms with E-state index in [-0.39, 0.29) is 24.1 Å². The molecule has 0 aliphatic carbocycles. The van der Waals surface area contributed by atoms with E-state index in [1.807, 2.05) is 13.1 Å². The smallest absolute Gasteiger partial charge is 0.220 e. The molecule has 114 valence electrons. The van der Waals surface area contributed by atoms with E-state index in [4.69, 9.17) is 0 Å². The van der Waals surface area contributed by atoms with E-state index in [9.17, 15) is 9.18 Å². The molecule has 0 saturated carbocycles. The Hall–Kier alpha value is -0.780. The van der Waals surface area contributed by atoms with Crippen molar-refractivity contribution in [1.82, 2.24) is 10.6 Å². The molecule has 0 atom stereocenters. The van der Waals surface area contributed by atoms with Crippen LogP contribution >= 0.6 is 24.2 Å². The molecule has 1 amide bonds. The van der Waals surface area contributed by atoms with Gasteiger partial charge in [0.15, 0.2) is 0 Å². The lowest BCUT2D eigenvalue weighted by Gasteiger charge is -2.06. The monoisotopic (exact) mass is 320 g/mol. The molecule has 0 radical (unpaired) electrons. The third kappa shape index (κ3) is 8.40. The first-order valence-electron chi connectivity index (χ1n) is 6.46. The summed E-state index contributed by atoms with van der Waals surface area (Å²) in [7, 11) is 1.87. The molecule has 0 spiro atoms. The molecule has 0 aliphatic rings. The van der Waals surface area contributed by atoms with Crippen molar-refractivity contribution in [3.8, 4) is 0 Å². The molecule has 0 bridgehead atoms. The SMILES string of the molecule is CNCCCC(=O)NCCSCc1ccccc1F.Cl. The second-order valence-electron chi connectivity index (χ2n) is 4.20. The van der Waals surface area contributed by atoms with Gasteiger partial charge in [0.25, 0.3) is 0 Å². The molecule has 0 aliphatic heterocycles. The molecule has 2 N–H and O–H groups in total. The summed E-state index contributed by atoms with van der Waals surface area (Å²) < 4.78 is 13.3. The molecule has 3 nitrogen and oxygen atoms in total. The Labute approximate surface area is 130 Å². The van der Waals surface area contributed by atoms with E-state index < -0.39 is 0 Å². The van der Waals surface area contributed by atoms with Crippen LogP contribution in [0, 0.1) is 5.82 Å². The van der Waals surface area contributed by atoms with Gasteiger partial charge in [-0.3, -0.25) is 4.79 Å². The summed E-state index contributed by atoms with van der Waals surface area (Å²) in [6.07, 6.45) is 1.41. The van der Waals surface area contributed by atoms with Crippen LogP contribution in [0.15, 0.2) is 24.3 Å². The Morgan fingerprint density at radius 1 is 1.30 bits per heavy atom. The lowest BCUT2D eigenvalue weighted by Crippen LogP contribution is -2.26.